The summed E-state index contributed by atoms with van der Waals surface area (Å²) in [6.07, 6.45) is 2.37. The zero-order valence-electron chi connectivity index (χ0n) is 14.6. The van der Waals surface area contributed by atoms with Gasteiger partial charge in [0.15, 0.2) is 21.5 Å². The van der Waals surface area contributed by atoms with Gasteiger partial charge in [-0.05, 0) is 42.8 Å². The first kappa shape index (κ1) is 19.5. The normalized spacial score (nSPS) is 11.9. The molecule has 0 aliphatic heterocycles. The third kappa shape index (κ3) is 3.61. The van der Waals surface area contributed by atoms with E-state index in [0.29, 0.717) is 23.0 Å². The Morgan fingerprint density at radius 3 is 2.41 bits per heavy atom. The van der Waals surface area contributed by atoms with Crippen LogP contribution < -0.4 is 0 Å². The number of fused-ring (bicyclic) bond motifs is 1. The van der Waals surface area contributed by atoms with Crippen LogP contribution in [-0.4, -0.2) is 25.1 Å². The molecule has 0 N–H and O–H groups in total. The Bertz CT molecular complexity index is 1170. The number of hydrogen-bond donors (Lipinski definition) is 0. The Balaban J connectivity index is 2.24. The summed E-state index contributed by atoms with van der Waals surface area (Å²) < 4.78 is 51.9. The Morgan fingerprint density at radius 2 is 1.78 bits per heavy atom. The number of halogens is 3. The molecule has 0 radical (unpaired) electrons. The highest BCUT2D eigenvalue weighted by atomic mass is 35.5. The zero-order valence-corrected chi connectivity index (χ0v) is 16.2. The predicted molar refractivity (Wildman–Crippen MR) is 100 cm³/mol. The lowest BCUT2D eigenvalue weighted by Gasteiger charge is -2.11. The number of hydrogen-bond acceptors (Lipinski definition) is 3. The maximum Gasteiger partial charge on any atom is 0.264 e. The van der Waals surface area contributed by atoms with Gasteiger partial charge in [-0.15, -0.1) is 0 Å². The predicted octanol–water partition coefficient (Wildman–Crippen LogP) is 4.62. The summed E-state index contributed by atoms with van der Waals surface area (Å²) in [6.45, 7) is 1.93. The monoisotopic (exact) mass is 411 g/mol. The quantitative estimate of drug-likeness (QED) is 0.589. The third-order valence-corrected chi connectivity index (χ3v) is 5.65. The van der Waals surface area contributed by atoms with Crippen LogP contribution in [0.15, 0.2) is 41.3 Å². The lowest BCUT2D eigenvalue weighted by molar-refractivity contribution is 0.0961. The average molecular weight is 412 g/mol. The fourth-order valence-corrected chi connectivity index (χ4v) is 3.86. The van der Waals surface area contributed by atoms with E-state index in [2.05, 4.69) is 0 Å². The lowest BCUT2D eigenvalue weighted by Crippen LogP contribution is -2.16. The van der Waals surface area contributed by atoms with Crippen LogP contribution in [-0.2, 0) is 16.3 Å². The van der Waals surface area contributed by atoms with Crippen molar-refractivity contribution in [1.29, 1.82) is 0 Å². The van der Waals surface area contributed by atoms with E-state index in [-0.39, 0.29) is 15.5 Å². The van der Waals surface area contributed by atoms with E-state index in [4.69, 9.17) is 11.6 Å². The van der Waals surface area contributed by atoms with Gasteiger partial charge in [0.1, 0.15) is 0 Å². The number of rotatable bonds is 4. The molecular weight excluding hydrogens is 396 g/mol. The summed E-state index contributed by atoms with van der Waals surface area (Å²) in [7, 11) is -3.41. The Morgan fingerprint density at radius 1 is 1.11 bits per heavy atom. The average Bonchev–Trinajstić information content (AvgIpc) is 2.94. The standard InChI is InChI=1S/C19H16ClF2NO3S/c1-3-4-12-7-11-8-13(27(2,25)26)5-6-18(11)23(12)19(24)14-9-16(21)17(22)10-15(14)20/h5-10H,3-4H2,1-2H3. The van der Waals surface area contributed by atoms with Gasteiger partial charge in [-0.1, -0.05) is 24.9 Å². The van der Waals surface area contributed by atoms with Gasteiger partial charge >= 0.3 is 0 Å². The molecule has 0 aliphatic rings. The van der Waals surface area contributed by atoms with E-state index >= 15 is 0 Å². The van der Waals surface area contributed by atoms with Crippen LogP contribution in [0.5, 0.6) is 0 Å². The minimum absolute atomic E-state index is 0.133. The van der Waals surface area contributed by atoms with E-state index in [0.717, 1.165) is 24.8 Å². The fraction of sp³-hybridized carbons (Fsp3) is 0.211. The molecule has 3 rings (SSSR count). The van der Waals surface area contributed by atoms with Crippen molar-refractivity contribution in [3.63, 3.8) is 0 Å². The highest BCUT2D eigenvalue weighted by Gasteiger charge is 2.21. The van der Waals surface area contributed by atoms with Crippen LogP contribution in [0.3, 0.4) is 0 Å². The second-order valence-electron chi connectivity index (χ2n) is 6.27. The van der Waals surface area contributed by atoms with Crippen LogP contribution in [0.4, 0.5) is 8.78 Å². The van der Waals surface area contributed by atoms with Crippen molar-refractivity contribution in [2.24, 2.45) is 0 Å². The highest BCUT2D eigenvalue weighted by Crippen LogP contribution is 2.28. The van der Waals surface area contributed by atoms with E-state index in [1.807, 2.05) is 6.92 Å². The summed E-state index contributed by atoms with van der Waals surface area (Å²) in [6, 6.07) is 7.67. The second kappa shape index (κ2) is 7.05. The minimum Gasteiger partial charge on any atom is -0.280 e. The molecular formula is C19H16ClF2NO3S. The van der Waals surface area contributed by atoms with Crippen molar-refractivity contribution in [1.82, 2.24) is 4.57 Å². The molecule has 4 nitrogen and oxygen atoms in total. The molecule has 0 atom stereocenters. The Kier molecular flexibility index (Phi) is 5.10. The molecule has 0 aliphatic carbocycles. The van der Waals surface area contributed by atoms with Crippen molar-refractivity contribution in [3.8, 4) is 0 Å². The molecule has 3 aromatic rings. The summed E-state index contributed by atoms with van der Waals surface area (Å²) in [5.41, 5.74) is 0.929. The number of carbonyl (C=O) groups excluding carboxylic acids is 1. The number of aromatic nitrogens is 1. The van der Waals surface area contributed by atoms with Crippen molar-refractivity contribution in [3.05, 3.63) is 64.3 Å². The summed E-state index contributed by atoms with van der Waals surface area (Å²) >= 11 is 5.96. The first-order valence-corrected chi connectivity index (χ1v) is 10.4. The first-order valence-electron chi connectivity index (χ1n) is 8.17. The van der Waals surface area contributed by atoms with Crippen LogP contribution in [0, 0.1) is 11.6 Å². The van der Waals surface area contributed by atoms with Gasteiger partial charge in [0, 0.05) is 17.3 Å². The van der Waals surface area contributed by atoms with Gasteiger partial charge < -0.3 is 0 Å². The van der Waals surface area contributed by atoms with Gasteiger partial charge in [0.2, 0.25) is 0 Å². The molecule has 1 heterocycles. The molecule has 0 amide bonds. The van der Waals surface area contributed by atoms with Crippen molar-refractivity contribution >= 4 is 38.2 Å². The van der Waals surface area contributed by atoms with E-state index in [9.17, 15) is 22.0 Å². The zero-order chi connectivity index (χ0) is 19.9. The molecule has 0 fully saturated rings. The first-order chi connectivity index (χ1) is 12.6. The minimum atomic E-state index is -3.41. The molecule has 1 aromatic heterocycles. The summed E-state index contributed by atoms with van der Waals surface area (Å²) in [5, 5.41) is 0.365. The SMILES string of the molecule is CCCc1cc2cc(S(C)(=O)=O)ccc2n1C(=O)c1cc(F)c(F)cc1Cl. The van der Waals surface area contributed by atoms with Crippen LogP contribution in [0.25, 0.3) is 10.9 Å². The Hall–Kier alpha value is -2.25. The number of sulfone groups is 1. The largest absolute Gasteiger partial charge is 0.280 e. The molecule has 2 aromatic carbocycles. The van der Waals surface area contributed by atoms with Crippen LogP contribution in [0.1, 0.15) is 29.4 Å². The summed E-state index contributed by atoms with van der Waals surface area (Å²) in [5.74, 6) is -2.92. The van der Waals surface area contributed by atoms with Gasteiger partial charge in [-0.2, -0.15) is 0 Å². The lowest BCUT2D eigenvalue weighted by atomic mass is 10.2. The highest BCUT2D eigenvalue weighted by molar-refractivity contribution is 7.90. The molecule has 0 spiro atoms. The van der Waals surface area contributed by atoms with Crippen LogP contribution >= 0.6 is 11.6 Å². The van der Waals surface area contributed by atoms with Gasteiger partial charge in [0.05, 0.1) is 21.0 Å². The van der Waals surface area contributed by atoms with Crippen molar-refractivity contribution < 1.29 is 22.0 Å². The molecule has 0 saturated carbocycles. The third-order valence-electron chi connectivity index (χ3n) is 4.23. The van der Waals surface area contributed by atoms with Crippen molar-refractivity contribution in [2.45, 2.75) is 24.7 Å². The number of aryl methyl sites for hydroxylation is 1. The number of nitrogens with zero attached hydrogens (tertiary/aromatic N) is 1. The van der Waals surface area contributed by atoms with Gasteiger partial charge in [-0.25, -0.2) is 17.2 Å². The molecule has 142 valence electrons. The van der Waals surface area contributed by atoms with E-state index in [1.165, 1.54) is 22.8 Å². The second-order valence-corrected chi connectivity index (χ2v) is 8.69. The van der Waals surface area contributed by atoms with Gasteiger partial charge in [0.25, 0.3) is 5.91 Å². The Labute approximate surface area is 160 Å². The fourth-order valence-electron chi connectivity index (χ4n) is 2.97. The van der Waals surface area contributed by atoms with E-state index < -0.39 is 27.4 Å². The van der Waals surface area contributed by atoms with Crippen molar-refractivity contribution in [2.75, 3.05) is 6.26 Å². The molecule has 27 heavy (non-hydrogen) atoms. The molecule has 0 bridgehead atoms. The smallest absolute Gasteiger partial charge is 0.264 e. The van der Waals surface area contributed by atoms with Gasteiger partial charge in [-0.3, -0.25) is 9.36 Å². The maximum absolute atomic E-state index is 13.6. The molecule has 0 unspecified atom stereocenters. The number of benzene rings is 2. The van der Waals surface area contributed by atoms with E-state index in [1.54, 1.807) is 6.07 Å². The topological polar surface area (TPSA) is 56.1 Å². The molecule has 8 heteroatoms. The maximum atomic E-state index is 13.6. The van der Waals surface area contributed by atoms with Crippen LogP contribution in [0.2, 0.25) is 5.02 Å². The molecule has 0 saturated heterocycles. The summed E-state index contributed by atoms with van der Waals surface area (Å²) in [4.78, 5) is 13.2. The number of carbonyl (C=O) groups is 1.